The van der Waals surface area contributed by atoms with E-state index in [1.54, 1.807) is 4.57 Å². The van der Waals surface area contributed by atoms with Crippen LogP contribution < -0.4 is 11.5 Å². The molecule has 21 heavy (non-hydrogen) atoms. The SMILES string of the molecule is [N-]=[N+]=NC1C[C@@H](n2cnc3c(N)nc(N)nc32)O[C@H]1CO. The number of nitrogen functional groups attached to an aromatic ring is 2. The Hall–Kier alpha value is -2.62. The molecule has 11 heteroatoms. The molecule has 2 aromatic heterocycles. The van der Waals surface area contributed by atoms with Crippen LogP contribution in [0.2, 0.25) is 0 Å². The summed E-state index contributed by atoms with van der Waals surface area (Å²) >= 11 is 0. The van der Waals surface area contributed by atoms with E-state index in [0.29, 0.717) is 17.6 Å². The first kappa shape index (κ1) is 13.4. The largest absolute Gasteiger partial charge is 0.394 e. The molecular weight excluding hydrogens is 278 g/mol. The second kappa shape index (κ2) is 5.05. The van der Waals surface area contributed by atoms with E-state index < -0.39 is 18.4 Å². The molecule has 3 rings (SSSR count). The maximum Gasteiger partial charge on any atom is 0.224 e. The minimum absolute atomic E-state index is 0.0325. The van der Waals surface area contributed by atoms with E-state index in [2.05, 4.69) is 25.0 Å². The number of nitrogens with two attached hydrogens (primary N) is 2. The molecule has 110 valence electrons. The molecule has 0 spiro atoms. The quantitative estimate of drug-likeness (QED) is 0.403. The summed E-state index contributed by atoms with van der Waals surface area (Å²) in [7, 11) is 0. The lowest BCUT2D eigenvalue weighted by atomic mass is 10.1. The summed E-state index contributed by atoms with van der Waals surface area (Å²) in [5.74, 6) is 0.213. The van der Waals surface area contributed by atoms with Gasteiger partial charge in [-0.3, -0.25) is 4.57 Å². The van der Waals surface area contributed by atoms with Crippen molar-refractivity contribution in [2.45, 2.75) is 24.8 Å². The van der Waals surface area contributed by atoms with E-state index in [9.17, 15) is 5.11 Å². The van der Waals surface area contributed by atoms with Gasteiger partial charge in [-0.1, -0.05) is 5.11 Å². The molecule has 1 aliphatic heterocycles. The van der Waals surface area contributed by atoms with Crippen molar-refractivity contribution in [2.24, 2.45) is 5.11 Å². The van der Waals surface area contributed by atoms with Crippen LogP contribution in [0.4, 0.5) is 11.8 Å². The summed E-state index contributed by atoms with van der Waals surface area (Å²) < 4.78 is 7.31. The summed E-state index contributed by atoms with van der Waals surface area (Å²) in [4.78, 5) is 14.8. The number of hydrogen-bond acceptors (Lipinski definition) is 8. The number of azide groups is 1. The van der Waals surface area contributed by atoms with Crippen LogP contribution in [0.15, 0.2) is 11.4 Å². The third kappa shape index (κ3) is 2.18. The summed E-state index contributed by atoms with van der Waals surface area (Å²) in [5.41, 5.74) is 20.7. The summed E-state index contributed by atoms with van der Waals surface area (Å²) in [5, 5.41) is 12.9. The standard InChI is InChI=1S/C10H13N9O2/c11-8-7-9(16-10(12)15-8)19(3-14-7)6-1-4(17-18-13)5(2-20)21-6/h3-6,20H,1-2H2,(H4,11,12,15,16)/t4?,5-,6-/m0/s1. The molecule has 3 atom stereocenters. The zero-order valence-electron chi connectivity index (χ0n) is 10.9. The molecule has 0 aromatic carbocycles. The molecule has 1 saturated heterocycles. The van der Waals surface area contributed by atoms with Gasteiger partial charge in [0.15, 0.2) is 11.5 Å². The van der Waals surface area contributed by atoms with Gasteiger partial charge in [0, 0.05) is 11.3 Å². The van der Waals surface area contributed by atoms with Gasteiger partial charge in [-0.25, -0.2) is 4.98 Å². The van der Waals surface area contributed by atoms with E-state index in [-0.39, 0.29) is 18.4 Å². The highest BCUT2D eigenvalue weighted by Crippen LogP contribution is 2.33. The second-order valence-corrected chi connectivity index (χ2v) is 4.61. The summed E-state index contributed by atoms with van der Waals surface area (Å²) in [6.45, 7) is -0.244. The van der Waals surface area contributed by atoms with Crippen molar-refractivity contribution >= 4 is 22.9 Å². The Morgan fingerprint density at radius 3 is 3.05 bits per heavy atom. The molecule has 0 aliphatic carbocycles. The van der Waals surface area contributed by atoms with Gasteiger partial charge in [0.2, 0.25) is 5.95 Å². The maximum atomic E-state index is 9.28. The number of anilines is 2. The predicted octanol–water partition coefficient (Wildman–Crippen LogP) is -0.0506. The Bertz CT molecular complexity index is 723. The first-order chi connectivity index (χ1) is 10.1. The highest BCUT2D eigenvalue weighted by Gasteiger charge is 2.36. The third-order valence-corrected chi connectivity index (χ3v) is 3.36. The number of rotatable bonds is 3. The van der Waals surface area contributed by atoms with Crippen molar-refractivity contribution < 1.29 is 9.84 Å². The molecule has 1 aliphatic rings. The molecular formula is C10H13N9O2. The van der Waals surface area contributed by atoms with Gasteiger partial charge in [0.1, 0.15) is 11.7 Å². The zero-order chi connectivity index (χ0) is 15.0. The zero-order valence-corrected chi connectivity index (χ0v) is 10.9. The molecule has 2 aromatic rings. The van der Waals surface area contributed by atoms with Crippen molar-refractivity contribution in [3.8, 4) is 0 Å². The summed E-state index contributed by atoms with van der Waals surface area (Å²) in [6.07, 6.45) is 0.855. The van der Waals surface area contributed by atoms with Crippen molar-refractivity contribution in [2.75, 3.05) is 18.1 Å². The van der Waals surface area contributed by atoms with E-state index in [1.807, 2.05) is 0 Å². The van der Waals surface area contributed by atoms with Crippen LogP contribution in [0.1, 0.15) is 12.6 Å². The summed E-state index contributed by atoms with van der Waals surface area (Å²) in [6, 6.07) is -0.459. The van der Waals surface area contributed by atoms with Gasteiger partial charge in [0.05, 0.1) is 25.1 Å². The molecule has 3 heterocycles. The molecule has 11 nitrogen and oxygen atoms in total. The fourth-order valence-electron chi connectivity index (χ4n) is 2.40. The minimum atomic E-state index is -0.570. The number of imidazole rings is 1. The van der Waals surface area contributed by atoms with Crippen LogP contribution in [-0.4, -0.2) is 43.4 Å². The Morgan fingerprint density at radius 2 is 2.33 bits per heavy atom. The van der Waals surface area contributed by atoms with Gasteiger partial charge in [-0.15, -0.1) is 0 Å². The van der Waals surface area contributed by atoms with Crippen molar-refractivity contribution in [3.05, 3.63) is 16.8 Å². The number of ether oxygens (including phenoxy) is 1. The lowest BCUT2D eigenvalue weighted by molar-refractivity contribution is -0.0232. The van der Waals surface area contributed by atoms with Crippen molar-refractivity contribution in [1.29, 1.82) is 0 Å². The van der Waals surface area contributed by atoms with Crippen LogP contribution >= 0.6 is 0 Å². The highest BCUT2D eigenvalue weighted by molar-refractivity contribution is 5.82. The predicted molar refractivity (Wildman–Crippen MR) is 72.7 cm³/mol. The van der Waals surface area contributed by atoms with Crippen LogP contribution in [0.3, 0.4) is 0 Å². The molecule has 1 unspecified atom stereocenters. The Labute approximate surface area is 118 Å². The first-order valence-corrected chi connectivity index (χ1v) is 6.20. The van der Waals surface area contributed by atoms with Crippen molar-refractivity contribution in [3.63, 3.8) is 0 Å². The number of aromatic nitrogens is 4. The molecule has 0 saturated carbocycles. The molecule has 5 N–H and O–H groups in total. The van der Waals surface area contributed by atoms with E-state index in [1.165, 1.54) is 6.33 Å². The number of hydrogen-bond donors (Lipinski definition) is 3. The number of aliphatic hydroxyl groups is 1. The average molecular weight is 291 g/mol. The fraction of sp³-hybridized carbons (Fsp3) is 0.500. The Balaban J connectivity index is 2.00. The van der Waals surface area contributed by atoms with Crippen LogP contribution in [0.25, 0.3) is 21.6 Å². The smallest absolute Gasteiger partial charge is 0.224 e. The molecule has 0 amide bonds. The maximum absolute atomic E-state index is 9.28. The number of fused-ring (bicyclic) bond motifs is 1. The normalized spacial score (nSPS) is 25.1. The topological polar surface area (TPSA) is 174 Å². The minimum Gasteiger partial charge on any atom is -0.394 e. The molecule has 0 radical (unpaired) electrons. The first-order valence-electron chi connectivity index (χ1n) is 6.20. The average Bonchev–Trinajstić information content (AvgIpc) is 3.02. The molecule has 0 bridgehead atoms. The van der Waals surface area contributed by atoms with E-state index >= 15 is 0 Å². The van der Waals surface area contributed by atoms with E-state index in [4.69, 9.17) is 21.7 Å². The van der Waals surface area contributed by atoms with Crippen LogP contribution in [-0.2, 0) is 4.74 Å². The monoisotopic (exact) mass is 291 g/mol. The van der Waals surface area contributed by atoms with Crippen molar-refractivity contribution in [1.82, 2.24) is 19.5 Å². The Morgan fingerprint density at radius 1 is 1.52 bits per heavy atom. The lowest BCUT2D eigenvalue weighted by Gasteiger charge is -2.14. The molecule has 1 fully saturated rings. The number of nitrogens with zero attached hydrogens (tertiary/aromatic N) is 7. The van der Waals surface area contributed by atoms with Gasteiger partial charge in [-0.2, -0.15) is 9.97 Å². The fourth-order valence-corrected chi connectivity index (χ4v) is 2.40. The van der Waals surface area contributed by atoms with Gasteiger partial charge < -0.3 is 21.3 Å². The van der Waals surface area contributed by atoms with Gasteiger partial charge in [-0.05, 0) is 5.53 Å². The van der Waals surface area contributed by atoms with Gasteiger partial charge in [0.25, 0.3) is 0 Å². The van der Waals surface area contributed by atoms with Crippen LogP contribution in [0.5, 0.6) is 0 Å². The number of aliphatic hydroxyl groups excluding tert-OH is 1. The lowest BCUT2D eigenvalue weighted by Crippen LogP contribution is -2.22. The third-order valence-electron chi connectivity index (χ3n) is 3.36. The second-order valence-electron chi connectivity index (χ2n) is 4.61. The Kier molecular flexibility index (Phi) is 3.22. The van der Waals surface area contributed by atoms with Gasteiger partial charge >= 0.3 is 0 Å². The highest BCUT2D eigenvalue weighted by atomic mass is 16.5. The van der Waals surface area contributed by atoms with Crippen LogP contribution in [0, 0.1) is 0 Å². The van der Waals surface area contributed by atoms with E-state index in [0.717, 1.165) is 0 Å².